The Morgan fingerprint density at radius 1 is 1.12 bits per heavy atom. The van der Waals surface area contributed by atoms with Crippen LogP contribution >= 0.6 is 0 Å². The second-order valence-electron chi connectivity index (χ2n) is 6.75. The Kier molecular flexibility index (Phi) is 4.02. The molecule has 1 aliphatic heterocycles. The molecular formula is C19H23N5. The van der Waals surface area contributed by atoms with Crippen molar-refractivity contribution in [1.29, 1.82) is 0 Å². The molecule has 5 nitrogen and oxygen atoms in total. The van der Waals surface area contributed by atoms with E-state index in [2.05, 4.69) is 34.7 Å². The minimum atomic E-state index is 0.525. The van der Waals surface area contributed by atoms with Crippen LogP contribution in [0.2, 0.25) is 0 Å². The third-order valence-electron chi connectivity index (χ3n) is 4.86. The number of rotatable bonds is 4. The Hall–Kier alpha value is -2.27. The van der Waals surface area contributed by atoms with Gasteiger partial charge in [0.1, 0.15) is 0 Å². The summed E-state index contributed by atoms with van der Waals surface area (Å²) in [5.74, 6) is 0. The van der Waals surface area contributed by atoms with Gasteiger partial charge in [0.05, 0.1) is 35.2 Å². The van der Waals surface area contributed by atoms with Crippen molar-refractivity contribution in [2.75, 3.05) is 6.54 Å². The Morgan fingerprint density at radius 3 is 2.67 bits per heavy atom. The van der Waals surface area contributed by atoms with E-state index in [9.17, 15) is 0 Å². The molecule has 24 heavy (non-hydrogen) atoms. The third-order valence-corrected chi connectivity index (χ3v) is 4.86. The highest BCUT2D eigenvalue weighted by Crippen LogP contribution is 2.22. The van der Waals surface area contributed by atoms with Crippen LogP contribution in [0.1, 0.15) is 29.8 Å². The molecule has 0 bridgehead atoms. The molecule has 4 rings (SSSR count). The molecule has 0 aliphatic carbocycles. The van der Waals surface area contributed by atoms with Gasteiger partial charge in [-0.3, -0.25) is 9.58 Å². The van der Waals surface area contributed by atoms with E-state index in [0.717, 1.165) is 42.1 Å². The molecule has 1 atom stereocenters. The monoisotopic (exact) mass is 321 g/mol. The minimum absolute atomic E-state index is 0.525. The highest BCUT2D eigenvalue weighted by Gasteiger charge is 2.26. The number of aryl methyl sites for hydroxylation is 2. The number of hydrogen-bond acceptors (Lipinski definition) is 4. The van der Waals surface area contributed by atoms with Crippen molar-refractivity contribution in [3.63, 3.8) is 0 Å². The fourth-order valence-electron chi connectivity index (χ4n) is 3.56. The Bertz CT molecular complexity index is 854. The van der Waals surface area contributed by atoms with Crippen molar-refractivity contribution in [3.05, 3.63) is 53.6 Å². The van der Waals surface area contributed by atoms with E-state index in [1.807, 2.05) is 30.5 Å². The zero-order valence-electron chi connectivity index (χ0n) is 14.3. The van der Waals surface area contributed by atoms with Crippen LogP contribution in [0.25, 0.3) is 11.0 Å². The number of para-hydroxylation sites is 2. The van der Waals surface area contributed by atoms with Gasteiger partial charge in [0, 0.05) is 18.8 Å². The molecule has 5 heteroatoms. The molecule has 0 spiro atoms. The molecule has 0 radical (unpaired) electrons. The molecule has 1 aromatic carbocycles. The van der Waals surface area contributed by atoms with E-state index in [-0.39, 0.29) is 0 Å². The SMILES string of the molecule is Cc1cnn(C[C@H]2CCCN2Cc2nc3ccccc3nc2C)c1. The van der Waals surface area contributed by atoms with Crippen LogP contribution in [-0.4, -0.2) is 37.2 Å². The van der Waals surface area contributed by atoms with Gasteiger partial charge >= 0.3 is 0 Å². The summed E-state index contributed by atoms with van der Waals surface area (Å²) in [5, 5.41) is 4.44. The molecule has 0 N–H and O–H groups in total. The van der Waals surface area contributed by atoms with E-state index in [0.29, 0.717) is 6.04 Å². The summed E-state index contributed by atoms with van der Waals surface area (Å²) in [6.45, 7) is 7.10. The van der Waals surface area contributed by atoms with Crippen LogP contribution in [0.15, 0.2) is 36.7 Å². The van der Waals surface area contributed by atoms with E-state index in [4.69, 9.17) is 9.97 Å². The molecule has 3 aromatic rings. The molecule has 1 fully saturated rings. The number of aromatic nitrogens is 4. The molecule has 124 valence electrons. The van der Waals surface area contributed by atoms with Crippen molar-refractivity contribution in [3.8, 4) is 0 Å². The second-order valence-corrected chi connectivity index (χ2v) is 6.75. The molecule has 0 amide bonds. The maximum atomic E-state index is 4.86. The van der Waals surface area contributed by atoms with Crippen molar-refractivity contribution in [2.24, 2.45) is 0 Å². The lowest BCUT2D eigenvalue weighted by molar-refractivity contribution is 0.216. The van der Waals surface area contributed by atoms with Crippen LogP contribution in [0.4, 0.5) is 0 Å². The predicted octanol–water partition coefficient (Wildman–Crippen LogP) is 3.11. The average molecular weight is 321 g/mol. The molecule has 1 aliphatic rings. The van der Waals surface area contributed by atoms with Gasteiger partial charge in [-0.15, -0.1) is 0 Å². The smallest absolute Gasteiger partial charge is 0.0890 e. The van der Waals surface area contributed by atoms with Crippen molar-refractivity contribution in [2.45, 2.75) is 45.8 Å². The summed E-state index contributed by atoms with van der Waals surface area (Å²) < 4.78 is 2.07. The molecular weight excluding hydrogens is 298 g/mol. The highest BCUT2D eigenvalue weighted by molar-refractivity contribution is 5.74. The van der Waals surface area contributed by atoms with Gasteiger partial charge in [-0.25, -0.2) is 9.97 Å². The summed E-state index contributed by atoms with van der Waals surface area (Å²) in [7, 11) is 0. The predicted molar refractivity (Wildman–Crippen MR) is 94.7 cm³/mol. The molecule has 1 saturated heterocycles. The van der Waals surface area contributed by atoms with Crippen LogP contribution in [-0.2, 0) is 13.1 Å². The fraction of sp³-hybridized carbons (Fsp3) is 0.421. The molecule has 3 heterocycles. The van der Waals surface area contributed by atoms with Crippen molar-refractivity contribution >= 4 is 11.0 Å². The van der Waals surface area contributed by atoms with Gasteiger partial charge < -0.3 is 0 Å². The molecule has 0 saturated carbocycles. The number of likely N-dealkylation sites (tertiary alicyclic amines) is 1. The van der Waals surface area contributed by atoms with Crippen LogP contribution in [0.5, 0.6) is 0 Å². The highest BCUT2D eigenvalue weighted by atomic mass is 15.3. The Balaban J connectivity index is 1.54. The van der Waals surface area contributed by atoms with E-state index < -0.39 is 0 Å². The van der Waals surface area contributed by atoms with Gasteiger partial charge in [-0.05, 0) is 50.9 Å². The van der Waals surface area contributed by atoms with Gasteiger partial charge in [0.25, 0.3) is 0 Å². The summed E-state index contributed by atoms with van der Waals surface area (Å²) in [6.07, 6.45) is 6.51. The zero-order chi connectivity index (χ0) is 16.5. The fourth-order valence-corrected chi connectivity index (χ4v) is 3.56. The Labute approximate surface area is 142 Å². The maximum Gasteiger partial charge on any atom is 0.0890 e. The van der Waals surface area contributed by atoms with E-state index in [1.165, 1.54) is 18.4 Å². The van der Waals surface area contributed by atoms with Crippen molar-refractivity contribution in [1.82, 2.24) is 24.6 Å². The van der Waals surface area contributed by atoms with Crippen molar-refractivity contribution < 1.29 is 0 Å². The number of nitrogens with zero attached hydrogens (tertiary/aromatic N) is 5. The second kappa shape index (κ2) is 6.32. The molecule has 0 unspecified atom stereocenters. The topological polar surface area (TPSA) is 46.8 Å². The maximum absolute atomic E-state index is 4.86. The van der Waals surface area contributed by atoms with E-state index in [1.54, 1.807) is 0 Å². The first-order chi connectivity index (χ1) is 11.7. The summed E-state index contributed by atoms with van der Waals surface area (Å²) in [4.78, 5) is 12.1. The van der Waals surface area contributed by atoms with Gasteiger partial charge in [-0.2, -0.15) is 5.10 Å². The first-order valence-corrected chi connectivity index (χ1v) is 8.64. The number of fused-ring (bicyclic) bond motifs is 1. The average Bonchev–Trinajstić information content (AvgIpc) is 3.18. The zero-order valence-corrected chi connectivity index (χ0v) is 14.3. The summed E-state index contributed by atoms with van der Waals surface area (Å²) >= 11 is 0. The largest absolute Gasteiger partial charge is 0.293 e. The summed E-state index contributed by atoms with van der Waals surface area (Å²) in [5.41, 5.74) is 5.31. The standard InChI is InChI=1S/C19H23N5/c1-14-10-20-24(11-14)12-16-6-5-9-23(16)13-19-15(2)21-17-7-3-4-8-18(17)22-19/h3-4,7-8,10-11,16H,5-6,9,12-13H2,1-2H3/t16-/m1/s1. The van der Waals surface area contributed by atoms with Gasteiger partial charge in [0.2, 0.25) is 0 Å². The van der Waals surface area contributed by atoms with Crippen LogP contribution < -0.4 is 0 Å². The van der Waals surface area contributed by atoms with Crippen LogP contribution in [0.3, 0.4) is 0 Å². The first-order valence-electron chi connectivity index (χ1n) is 8.64. The summed E-state index contributed by atoms with van der Waals surface area (Å²) in [6, 6.07) is 8.63. The van der Waals surface area contributed by atoms with Gasteiger partial charge in [-0.1, -0.05) is 12.1 Å². The number of hydrogen-bond donors (Lipinski definition) is 0. The third kappa shape index (κ3) is 3.04. The lowest BCUT2D eigenvalue weighted by atomic mass is 10.2. The molecule has 2 aromatic heterocycles. The van der Waals surface area contributed by atoms with E-state index >= 15 is 0 Å². The quantitative estimate of drug-likeness (QED) is 0.741. The van der Waals surface area contributed by atoms with Gasteiger partial charge in [0.15, 0.2) is 0 Å². The van der Waals surface area contributed by atoms with Crippen LogP contribution in [0, 0.1) is 13.8 Å². The first kappa shape index (κ1) is 15.3. The lowest BCUT2D eigenvalue weighted by Crippen LogP contribution is -2.33. The lowest BCUT2D eigenvalue weighted by Gasteiger charge is -2.24. The minimum Gasteiger partial charge on any atom is -0.293 e. The Morgan fingerprint density at radius 2 is 1.92 bits per heavy atom. The number of benzene rings is 1. The normalized spacial score (nSPS) is 18.5.